The maximum atomic E-state index is 11.8. The summed E-state index contributed by atoms with van der Waals surface area (Å²) in [6.45, 7) is 0.298. The minimum atomic E-state index is -0.356. The topological polar surface area (TPSA) is 38.3 Å². The van der Waals surface area contributed by atoms with E-state index in [0.717, 1.165) is 20.9 Å². The van der Waals surface area contributed by atoms with Crippen molar-refractivity contribution in [3.8, 4) is 0 Å². The third-order valence-electron chi connectivity index (χ3n) is 3.62. The second-order valence-corrected chi connectivity index (χ2v) is 7.19. The van der Waals surface area contributed by atoms with Gasteiger partial charge in [0.2, 0.25) is 0 Å². The first-order valence-corrected chi connectivity index (χ1v) is 8.63. The predicted molar refractivity (Wildman–Crippen MR) is 92.8 cm³/mol. The first kappa shape index (κ1) is 15.6. The number of nitrogens with one attached hydrogen (secondary N) is 1. The molecule has 114 valence electrons. The van der Waals surface area contributed by atoms with E-state index < -0.39 is 0 Å². The van der Waals surface area contributed by atoms with Gasteiger partial charge in [-0.2, -0.15) is 0 Å². The highest BCUT2D eigenvalue weighted by Crippen LogP contribution is 2.42. The zero-order valence-corrected chi connectivity index (χ0v) is 14.9. The SMILES string of the molecule is O=C(N[C@@H]1C[C@H]1c1cc(Br)cc(Br)c1)OCc1ccccc1. The Hall–Kier alpha value is -1.33. The fourth-order valence-electron chi connectivity index (χ4n) is 2.43. The summed E-state index contributed by atoms with van der Waals surface area (Å²) in [6, 6.07) is 16.0. The molecule has 0 aliphatic heterocycles. The van der Waals surface area contributed by atoms with Crippen molar-refractivity contribution in [2.75, 3.05) is 0 Å². The largest absolute Gasteiger partial charge is 0.445 e. The number of rotatable bonds is 4. The molecule has 0 spiro atoms. The van der Waals surface area contributed by atoms with E-state index in [4.69, 9.17) is 4.74 Å². The molecule has 2 aromatic carbocycles. The lowest BCUT2D eigenvalue weighted by atomic mass is 10.1. The molecular formula is C17H15Br2NO2. The van der Waals surface area contributed by atoms with E-state index in [-0.39, 0.29) is 12.1 Å². The summed E-state index contributed by atoms with van der Waals surface area (Å²) in [7, 11) is 0. The molecule has 1 aliphatic rings. The van der Waals surface area contributed by atoms with Gasteiger partial charge in [0.15, 0.2) is 0 Å². The first-order valence-electron chi connectivity index (χ1n) is 7.05. The van der Waals surface area contributed by atoms with Crippen LogP contribution in [0.15, 0.2) is 57.5 Å². The van der Waals surface area contributed by atoms with Crippen LogP contribution in [0.2, 0.25) is 0 Å². The van der Waals surface area contributed by atoms with E-state index in [0.29, 0.717) is 12.5 Å². The second kappa shape index (κ2) is 6.84. The Morgan fingerprint density at radius 2 is 1.82 bits per heavy atom. The molecule has 1 aliphatic carbocycles. The number of ether oxygens (including phenoxy) is 1. The molecule has 3 nitrogen and oxygen atoms in total. The molecule has 2 atom stereocenters. The maximum absolute atomic E-state index is 11.8. The van der Waals surface area contributed by atoms with Gasteiger partial charge in [0.05, 0.1) is 0 Å². The van der Waals surface area contributed by atoms with Crippen LogP contribution in [0.25, 0.3) is 0 Å². The van der Waals surface area contributed by atoms with Crippen LogP contribution in [0, 0.1) is 0 Å². The third kappa shape index (κ3) is 4.11. The Balaban J connectivity index is 1.49. The number of alkyl carbamates (subject to hydrolysis) is 1. The number of halogens is 2. The van der Waals surface area contributed by atoms with E-state index in [1.54, 1.807) is 0 Å². The van der Waals surface area contributed by atoms with Gasteiger partial charge < -0.3 is 10.1 Å². The fourth-order valence-corrected chi connectivity index (χ4v) is 3.76. The van der Waals surface area contributed by atoms with Crippen LogP contribution in [0.4, 0.5) is 4.79 Å². The number of hydrogen-bond acceptors (Lipinski definition) is 2. The fraction of sp³-hybridized carbons (Fsp3) is 0.235. The lowest BCUT2D eigenvalue weighted by molar-refractivity contribution is 0.139. The molecule has 1 saturated carbocycles. The van der Waals surface area contributed by atoms with Crippen molar-refractivity contribution in [1.82, 2.24) is 5.32 Å². The van der Waals surface area contributed by atoms with Crippen molar-refractivity contribution in [1.29, 1.82) is 0 Å². The molecule has 0 heterocycles. The smallest absolute Gasteiger partial charge is 0.407 e. The molecular weight excluding hydrogens is 410 g/mol. The van der Waals surface area contributed by atoms with E-state index in [2.05, 4.69) is 49.3 Å². The number of hydrogen-bond donors (Lipinski definition) is 1. The van der Waals surface area contributed by atoms with Crippen molar-refractivity contribution in [2.45, 2.75) is 25.0 Å². The maximum Gasteiger partial charge on any atom is 0.407 e. The Morgan fingerprint density at radius 3 is 2.50 bits per heavy atom. The number of carbonyl (C=O) groups excluding carboxylic acids is 1. The molecule has 0 aromatic heterocycles. The molecule has 1 fully saturated rings. The van der Waals surface area contributed by atoms with Gasteiger partial charge in [0.1, 0.15) is 6.61 Å². The average molecular weight is 425 g/mol. The number of carbonyl (C=O) groups is 1. The van der Waals surface area contributed by atoms with Crippen molar-refractivity contribution >= 4 is 38.0 Å². The number of amides is 1. The minimum Gasteiger partial charge on any atom is -0.445 e. The van der Waals surface area contributed by atoms with Crippen molar-refractivity contribution < 1.29 is 9.53 Å². The molecule has 22 heavy (non-hydrogen) atoms. The van der Waals surface area contributed by atoms with Crippen LogP contribution < -0.4 is 5.32 Å². The van der Waals surface area contributed by atoms with Crippen LogP contribution in [-0.2, 0) is 11.3 Å². The van der Waals surface area contributed by atoms with Gasteiger partial charge in [-0.25, -0.2) is 4.79 Å². The normalized spacial score (nSPS) is 19.5. The van der Waals surface area contributed by atoms with Gasteiger partial charge in [0.25, 0.3) is 0 Å². The first-order chi connectivity index (χ1) is 10.6. The molecule has 0 bridgehead atoms. The zero-order valence-electron chi connectivity index (χ0n) is 11.8. The second-order valence-electron chi connectivity index (χ2n) is 5.36. The Labute approximate surface area is 146 Å². The van der Waals surface area contributed by atoms with Crippen LogP contribution in [-0.4, -0.2) is 12.1 Å². The highest BCUT2D eigenvalue weighted by molar-refractivity contribution is 9.11. The van der Waals surface area contributed by atoms with Crippen molar-refractivity contribution in [3.63, 3.8) is 0 Å². The lowest BCUT2D eigenvalue weighted by Crippen LogP contribution is -2.27. The monoisotopic (exact) mass is 423 g/mol. The molecule has 3 rings (SSSR count). The van der Waals surface area contributed by atoms with Gasteiger partial charge in [-0.15, -0.1) is 0 Å². The van der Waals surface area contributed by atoms with Crippen molar-refractivity contribution in [2.24, 2.45) is 0 Å². The molecule has 2 aromatic rings. The average Bonchev–Trinajstić information content (AvgIpc) is 3.24. The van der Waals surface area contributed by atoms with Crippen LogP contribution >= 0.6 is 31.9 Å². The molecule has 1 amide bonds. The Morgan fingerprint density at radius 1 is 1.14 bits per heavy atom. The summed E-state index contributed by atoms with van der Waals surface area (Å²) >= 11 is 6.98. The predicted octanol–water partition coefficient (Wildman–Crippen LogP) is 4.99. The van der Waals surface area contributed by atoms with E-state index in [1.165, 1.54) is 5.56 Å². The summed E-state index contributed by atoms with van der Waals surface area (Å²) in [4.78, 5) is 11.8. The highest BCUT2D eigenvalue weighted by Gasteiger charge is 2.40. The molecule has 0 radical (unpaired) electrons. The van der Waals surface area contributed by atoms with Gasteiger partial charge in [-0.1, -0.05) is 62.2 Å². The molecule has 5 heteroatoms. The Kier molecular flexibility index (Phi) is 4.84. The highest BCUT2D eigenvalue weighted by atomic mass is 79.9. The van der Waals surface area contributed by atoms with Gasteiger partial charge in [0, 0.05) is 20.9 Å². The van der Waals surface area contributed by atoms with Crippen LogP contribution in [0.1, 0.15) is 23.5 Å². The van der Waals surface area contributed by atoms with Crippen LogP contribution in [0.5, 0.6) is 0 Å². The van der Waals surface area contributed by atoms with Gasteiger partial charge >= 0.3 is 6.09 Å². The van der Waals surface area contributed by atoms with E-state index >= 15 is 0 Å². The summed E-state index contributed by atoms with van der Waals surface area (Å²) in [5.74, 6) is 0.359. The summed E-state index contributed by atoms with van der Waals surface area (Å²) in [6.07, 6.45) is 0.592. The molecule has 0 saturated heterocycles. The van der Waals surface area contributed by atoms with Gasteiger partial charge in [-0.05, 0) is 35.7 Å². The van der Waals surface area contributed by atoms with Crippen molar-refractivity contribution in [3.05, 3.63) is 68.6 Å². The quantitative estimate of drug-likeness (QED) is 0.750. The number of benzene rings is 2. The van der Waals surface area contributed by atoms with Gasteiger partial charge in [-0.3, -0.25) is 0 Å². The Bertz CT molecular complexity index is 655. The molecule has 1 N–H and O–H groups in total. The minimum absolute atomic E-state index is 0.157. The summed E-state index contributed by atoms with van der Waals surface area (Å²) in [5.41, 5.74) is 2.20. The molecule has 0 unspecified atom stereocenters. The third-order valence-corrected chi connectivity index (χ3v) is 4.54. The standard InChI is InChI=1S/C17H15Br2NO2/c18-13-6-12(7-14(19)8-13)15-9-16(15)20-17(21)22-10-11-4-2-1-3-5-11/h1-8,15-16H,9-10H2,(H,20,21)/t15-,16+/m0/s1. The lowest BCUT2D eigenvalue weighted by Gasteiger charge is -2.07. The van der Waals surface area contributed by atoms with E-state index in [1.807, 2.05) is 36.4 Å². The summed E-state index contributed by atoms with van der Waals surface area (Å²) in [5, 5.41) is 2.92. The van der Waals surface area contributed by atoms with E-state index in [9.17, 15) is 4.79 Å². The summed E-state index contributed by atoms with van der Waals surface area (Å²) < 4.78 is 7.31. The zero-order chi connectivity index (χ0) is 15.5. The van der Waals surface area contributed by atoms with Crippen LogP contribution in [0.3, 0.4) is 0 Å².